The molecule has 0 radical (unpaired) electrons. The lowest BCUT2D eigenvalue weighted by atomic mass is 10.1. The van der Waals surface area contributed by atoms with Crippen LogP contribution in [0.25, 0.3) is 22.3 Å². The van der Waals surface area contributed by atoms with Crippen molar-refractivity contribution in [2.45, 2.75) is 53.8 Å². The fourth-order valence-corrected chi connectivity index (χ4v) is 24.5. The summed E-state index contributed by atoms with van der Waals surface area (Å²) in [5, 5.41) is 11.4. The van der Waals surface area contributed by atoms with Gasteiger partial charge in [-0.15, -0.1) is 0 Å². The molecule has 0 heterocycles. The SMILES string of the molecule is CC(C)O[Si](OC(C)C)(c1ccccc1)c1ccccc1I.CCO[Si](OCC)(c1ccc(Cl)cc1)c1ccc(Cl)cc1.CO[Si](OC)(c1ccc(-c2ccccc2)cc1)c1ccc(-c2ccccc2)cc1.CO[Si](OC)(c1ccc(Cl)cc1)c1ccc(Cl)cc1. The molecule has 10 aromatic rings. The van der Waals surface area contributed by atoms with Crippen molar-refractivity contribution in [1.82, 2.24) is 0 Å². The van der Waals surface area contributed by atoms with Crippen LogP contribution in [0.1, 0.15) is 41.5 Å². The Kier molecular flexibility index (Phi) is 28.7. The van der Waals surface area contributed by atoms with E-state index in [4.69, 9.17) is 81.8 Å². The van der Waals surface area contributed by atoms with Gasteiger partial charge in [-0.25, -0.2) is 0 Å². The van der Waals surface area contributed by atoms with Crippen molar-refractivity contribution in [3.63, 3.8) is 0 Å². The Balaban J connectivity index is 0.000000175. The molecule has 0 fully saturated rings. The lowest BCUT2D eigenvalue weighted by Gasteiger charge is -2.35. The predicted molar refractivity (Wildman–Crippen MR) is 399 cm³/mol. The van der Waals surface area contributed by atoms with Gasteiger partial charge in [0, 0.05) is 82.7 Å². The van der Waals surface area contributed by atoms with Gasteiger partial charge in [-0.2, -0.15) is 0 Å². The number of benzene rings is 10. The largest absolute Gasteiger partial charge is 0.408 e. The molecular weight excluding hydrogens is 1400 g/mol. The first kappa shape index (κ1) is 73.1. The second-order valence-electron chi connectivity index (χ2n) is 21.2. The van der Waals surface area contributed by atoms with E-state index >= 15 is 0 Å². The van der Waals surface area contributed by atoms with Crippen molar-refractivity contribution in [2.24, 2.45) is 0 Å². The minimum Gasteiger partial charge on any atom is -0.391 e. The standard InChI is InChI=1S/C26H24O2Si.C18H23IO2Si.C16H18Cl2O2Si.C14H14Cl2O2Si/c1-27-29(28-2,25-17-13-23(14-18-25)21-9-5-3-6-10-21)26-19-15-24(16-20-26)22-11-7-4-8-12-22;1-14(2)20-22(21-15(3)4,16-10-6-5-7-11-16)18-13-9-8-12-17(18)19;1-3-19-21(20-4-2,15-9-5-13(17)6-10-15)16-11-7-14(18)8-12-16;1-17-19(18-2,13-7-3-11(15)4-8-13)14-9-5-12(16)6-10-14/h3-20H,1-2H3;5-15H,1-4H3;5-12H,3-4H2,1-2H3;3-10H,1-2H3. The highest BCUT2D eigenvalue weighted by atomic mass is 127. The molecule has 0 aliphatic rings. The minimum absolute atomic E-state index is 0.0987. The van der Waals surface area contributed by atoms with Gasteiger partial charge in [0.2, 0.25) is 0 Å². The average molecular weight is 1480 g/mol. The first-order valence-electron chi connectivity index (χ1n) is 30.0. The van der Waals surface area contributed by atoms with Crippen molar-refractivity contribution in [1.29, 1.82) is 0 Å². The van der Waals surface area contributed by atoms with Crippen LogP contribution in [0, 0.1) is 3.57 Å². The molecule has 0 atom stereocenters. The number of rotatable bonds is 22. The van der Waals surface area contributed by atoms with Crippen LogP contribution in [0.4, 0.5) is 0 Å². The monoisotopic (exact) mass is 1470 g/mol. The van der Waals surface area contributed by atoms with Gasteiger partial charge in [0.1, 0.15) is 0 Å². The maximum atomic E-state index is 6.51. The van der Waals surface area contributed by atoms with Crippen molar-refractivity contribution >= 4 is 145 Å². The van der Waals surface area contributed by atoms with Gasteiger partial charge < -0.3 is 35.4 Å². The highest BCUT2D eigenvalue weighted by Gasteiger charge is 2.47. The fourth-order valence-electron chi connectivity index (χ4n) is 10.6. The van der Waals surface area contributed by atoms with Crippen molar-refractivity contribution < 1.29 is 35.4 Å². The summed E-state index contributed by atoms with van der Waals surface area (Å²) in [6, 6.07) is 87.2. The maximum absolute atomic E-state index is 6.51. The van der Waals surface area contributed by atoms with Gasteiger partial charge in [-0.05, 0) is 177 Å². The summed E-state index contributed by atoms with van der Waals surface area (Å²) in [7, 11) is -4.02. The molecule has 17 heteroatoms. The van der Waals surface area contributed by atoms with E-state index in [1.807, 2.05) is 129 Å². The quantitative estimate of drug-likeness (QED) is 0.0491. The van der Waals surface area contributed by atoms with Gasteiger partial charge in [-0.3, -0.25) is 0 Å². The first-order valence-corrected chi connectivity index (χ1v) is 39.8. The van der Waals surface area contributed by atoms with Crippen LogP contribution in [0.3, 0.4) is 0 Å². The summed E-state index contributed by atoms with van der Waals surface area (Å²) in [4.78, 5) is 0. The Labute approximate surface area is 577 Å². The second kappa shape index (κ2) is 35.8. The Morgan fingerprint density at radius 1 is 0.297 bits per heavy atom. The molecule has 0 amide bonds. The minimum atomic E-state index is -2.74. The summed E-state index contributed by atoms with van der Waals surface area (Å²) in [6.07, 6.45) is 0.197. The number of hydrogen-bond donors (Lipinski definition) is 0. The number of halogens is 5. The molecular formula is C74H79Cl4IO8Si4. The van der Waals surface area contributed by atoms with Crippen LogP contribution in [0.5, 0.6) is 0 Å². The smallest absolute Gasteiger partial charge is 0.391 e. The molecule has 0 N–H and O–H groups in total. The predicted octanol–water partition coefficient (Wildman–Crippen LogP) is 15.0. The van der Waals surface area contributed by atoms with E-state index in [9.17, 15) is 0 Å². The van der Waals surface area contributed by atoms with E-state index in [0.29, 0.717) is 33.3 Å². The summed E-state index contributed by atoms with van der Waals surface area (Å²) in [5.74, 6) is 0. The Morgan fingerprint density at radius 3 is 0.813 bits per heavy atom. The van der Waals surface area contributed by atoms with E-state index in [0.717, 1.165) is 36.3 Å². The molecule has 0 aliphatic carbocycles. The van der Waals surface area contributed by atoms with Gasteiger partial charge in [-0.1, -0.05) is 253 Å². The van der Waals surface area contributed by atoms with Gasteiger partial charge in [0.25, 0.3) is 0 Å². The van der Waals surface area contributed by atoms with Crippen LogP contribution in [-0.2, 0) is 35.4 Å². The van der Waals surface area contributed by atoms with Crippen molar-refractivity contribution in [2.75, 3.05) is 41.7 Å². The van der Waals surface area contributed by atoms with Crippen LogP contribution in [0.15, 0.2) is 261 Å². The van der Waals surface area contributed by atoms with Crippen LogP contribution in [-0.4, -0.2) is 88.1 Å². The van der Waals surface area contributed by atoms with Crippen LogP contribution < -0.4 is 41.5 Å². The molecule has 0 aromatic heterocycles. The zero-order valence-electron chi connectivity index (χ0n) is 53.1. The van der Waals surface area contributed by atoms with Crippen molar-refractivity contribution in [3.8, 4) is 22.3 Å². The lowest BCUT2D eigenvalue weighted by molar-refractivity contribution is 0.125. The van der Waals surface area contributed by atoms with Crippen LogP contribution >= 0.6 is 69.0 Å². The van der Waals surface area contributed by atoms with Gasteiger partial charge in [0.15, 0.2) is 0 Å². The summed E-state index contributed by atoms with van der Waals surface area (Å²) in [5.41, 5.74) is 4.77. The molecule has 10 rings (SSSR count). The molecule has 0 aliphatic heterocycles. The highest BCUT2D eigenvalue weighted by molar-refractivity contribution is 14.1. The Morgan fingerprint density at radius 2 is 0.538 bits per heavy atom. The summed E-state index contributed by atoms with van der Waals surface area (Å²) < 4.78 is 50.2. The van der Waals surface area contributed by atoms with E-state index in [-0.39, 0.29) is 12.2 Å². The third-order valence-corrected chi connectivity index (χ3v) is 31.2. The molecule has 0 bridgehead atoms. The average Bonchev–Trinajstić information content (AvgIpc) is 0.860. The third-order valence-electron chi connectivity index (χ3n) is 14.7. The topological polar surface area (TPSA) is 73.8 Å². The van der Waals surface area contributed by atoms with Gasteiger partial charge in [0.05, 0.1) is 0 Å². The van der Waals surface area contributed by atoms with Crippen LogP contribution in [0.2, 0.25) is 20.1 Å². The van der Waals surface area contributed by atoms with E-state index in [1.54, 1.807) is 28.4 Å². The molecule has 0 unspecified atom stereocenters. The Bertz CT molecular complexity index is 3530. The lowest BCUT2D eigenvalue weighted by Crippen LogP contribution is -2.66. The molecule has 0 saturated heterocycles. The molecule has 91 heavy (non-hydrogen) atoms. The van der Waals surface area contributed by atoms with Crippen molar-refractivity contribution in [3.05, 3.63) is 285 Å². The molecule has 10 aromatic carbocycles. The zero-order chi connectivity index (χ0) is 65.4. The maximum Gasteiger partial charge on any atom is 0.408 e. The zero-order valence-corrected chi connectivity index (χ0v) is 62.2. The van der Waals surface area contributed by atoms with Gasteiger partial charge >= 0.3 is 34.2 Å². The fraction of sp³-hybridized carbons (Fsp3) is 0.189. The first-order chi connectivity index (χ1) is 44.0. The molecule has 0 spiro atoms. The highest BCUT2D eigenvalue weighted by Crippen LogP contribution is 2.23. The third kappa shape index (κ3) is 18.7. The van der Waals surface area contributed by atoms with E-state index in [2.05, 4.69) is 196 Å². The molecule has 8 nitrogen and oxygen atoms in total. The summed E-state index contributed by atoms with van der Waals surface area (Å²) >= 11 is 26.2. The normalized spacial score (nSPS) is 11.7. The molecule has 474 valence electrons. The number of hydrogen-bond acceptors (Lipinski definition) is 8. The molecule has 0 saturated carbocycles. The Hall–Kier alpha value is -5.36. The van der Waals surface area contributed by atoms with E-state index in [1.165, 1.54) is 31.0 Å². The second-order valence-corrected chi connectivity index (χ2v) is 36.3. The van der Waals surface area contributed by atoms with E-state index < -0.39 is 34.2 Å². The summed E-state index contributed by atoms with van der Waals surface area (Å²) in [6.45, 7) is 13.4.